The molecule has 4 rings (SSSR count). The molecule has 1 amide bonds. The van der Waals surface area contributed by atoms with Crippen LogP contribution >= 0.6 is 0 Å². The molecule has 1 saturated carbocycles. The smallest absolute Gasteiger partial charge is 0.229 e. The van der Waals surface area contributed by atoms with Crippen LogP contribution in [-0.4, -0.2) is 28.3 Å². The molecule has 0 atom stereocenters. The van der Waals surface area contributed by atoms with Crippen molar-refractivity contribution in [2.45, 2.75) is 37.7 Å². The van der Waals surface area contributed by atoms with E-state index in [0.29, 0.717) is 24.1 Å². The summed E-state index contributed by atoms with van der Waals surface area (Å²) in [4.78, 5) is 12.3. The molecule has 6 nitrogen and oxygen atoms in total. The molecule has 0 spiro atoms. The van der Waals surface area contributed by atoms with Gasteiger partial charge in [-0.15, -0.1) is 0 Å². The Morgan fingerprint density at radius 3 is 2.66 bits per heavy atom. The quantitative estimate of drug-likeness (QED) is 0.572. The number of aliphatic hydroxyl groups is 1. The standard InChI is InChI=1S/C23H25N3O3/c1-29-20-7-5-15(6-8-20)10-23(28)24-22-13-21(25-26-22)19-11-18(12-19)17-4-2-3-16(9-17)14-27/h2-9,13,18-19,27H,10-12,14H2,1H3,(H2,24,25,26,28)/t18-,19+. The Morgan fingerprint density at radius 2 is 1.93 bits per heavy atom. The van der Waals surface area contributed by atoms with E-state index in [1.54, 1.807) is 7.11 Å². The Labute approximate surface area is 169 Å². The Balaban J connectivity index is 1.30. The zero-order valence-corrected chi connectivity index (χ0v) is 16.4. The molecule has 0 radical (unpaired) electrons. The Hall–Kier alpha value is -3.12. The first-order valence-corrected chi connectivity index (χ1v) is 9.82. The highest BCUT2D eigenvalue weighted by Crippen LogP contribution is 2.47. The Kier molecular flexibility index (Phi) is 5.62. The number of hydrogen-bond donors (Lipinski definition) is 3. The first-order chi connectivity index (χ1) is 14.1. The molecule has 0 aliphatic heterocycles. The topological polar surface area (TPSA) is 87.2 Å². The first-order valence-electron chi connectivity index (χ1n) is 9.82. The fourth-order valence-corrected chi connectivity index (χ4v) is 3.81. The number of anilines is 1. The van der Waals surface area contributed by atoms with Gasteiger partial charge in [-0.05, 0) is 47.6 Å². The minimum Gasteiger partial charge on any atom is -0.497 e. The van der Waals surface area contributed by atoms with Gasteiger partial charge in [0, 0.05) is 12.0 Å². The van der Waals surface area contributed by atoms with Crippen molar-refractivity contribution in [2.75, 3.05) is 12.4 Å². The van der Waals surface area contributed by atoms with Gasteiger partial charge in [-0.25, -0.2) is 0 Å². The molecule has 1 aliphatic rings. The van der Waals surface area contributed by atoms with E-state index in [-0.39, 0.29) is 12.5 Å². The average Bonchev–Trinajstić information content (AvgIpc) is 3.15. The molecule has 6 heteroatoms. The van der Waals surface area contributed by atoms with E-state index in [4.69, 9.17) is 4.74 Å². The van der Waals surface area contributed by atoms with Gasteiger partial charge >= 0.3 is 0 Å². The number of benzene rings is 2. The zero-order chi connectivity index (χ0) is 20.2. The third-order valence-corrected chi connectivity index (χ3v) is 5.56. The maximum absolute atomic E-state index is 12.3. The maximum atomic E-state index is 12.3. The van der Waals surface area contributed by atoms with Crippen LogP contribution in [0.2, 0.25) is 0 Å². The molecular formula is C23H25N3O3. The number of H-pyrrole nitrogens is 1. The van der Waals surface area contributed by atoms with E-state index < -0.39 is 0 Å². The molecule has 2 aromatic carbocycles. The largest absolute Gasteiger partial charge is 0.497 e. The summed E-state index contributed by atoms with van der Waals surface area (Å²) >= 11 is 0. The summed E-state index contributed by atoms with van der Waals surface area (Å²) in [5, 5.41) is 19.5. The van der Waals surface area contributed by atoms with E-state index in [0.717, 1.165) is 35.4 Å². The third kappa shape index (κ3) is 4.49. The molecule has 1 heterocycles. The number of aromatic amines is 1. The van der Waals surface area contributed by atoms with Gasteiger partial charge in [0.1, 0.15) is 11.6 Å². The van der Waals surface area contributed by atoms with Crippen LogP contribution in [0.4, 0.5) is 5.82 Å². The van der Waals surface area contributed by atoms with Crippen molar-refractivity contribution in [3.63, 3.8) is 0 Å². The monoisotopic (exact) mass is 391 g/mol. The second kappa shape index (κ2) is 8.49. The van der Waals surface area contributed by atoms with Gasteiger partial charge in [0.2, 0.25) is 5.91 Å². The van der Waals surface area contributed by atoms with Crippen LogP contribution < -0.4 is 10.1 Å². The normalized spacial score (nSPS) is 18.1. The second-order valence-electron chi connectivity index (χ2n) is 7.55. The van der Waals surface area contributed by atoms with Crippen LogP contribution in [0.15, 0.2) is 54.6 Å². The van der Waals surface area contributed by atoms with Gasteiger partial charge in [0.25, 0.3) is 0 Å². The highest BCUT2D eigenvalue weighted by atomic mass is 16.5. The van der Waals surface area contributed by atoms with Gasteiger partial charge in [-0.2, -0.15) is 5.10 Å². The summed E-state index contributed by atoms with van der Waals surface area (Å²) < 4.78 is 5.13. The summed E-state index contributed by atoms with van der Waals surface area (Å²) in [6.07, 6.45) is 2.35. The molecule has 1 fully saturated rings. The number of nitrogens with one attached hydrogen (secondary N) is 2. The number of aromatic nitrogens is 2. The summed E-state index contributed by atoms with van der Waals surface area (Å²) in [6.45, 7) is 0.0724. The van der Waals surface area contributed by atoms with Gasteiger partial charge in [0.05, 0.1) is 25.8 Å². The SMILES string of the molecule is COc1ccc(CC(=O)Nc2cc([C@H]3C[C@@H](c4cccc(CO)c4)C3)n[nH]2)cc1. The number of rotatable bonds is 7. The number of ether oxygens (including phenoxy) is 1. The summed E-state index contributed by atoms with van der Waals surface area (Å²) in [5.41, 5.74) is 4.14. The van der Waals surface area contributed by atoms with Crippen molar-refractivity contribution in [3.8, 4) is 5.75 Å². The summed E-state index contributed by atoms with van der Waals surface area (Å²) in [6, 6.07) is 17.5. The minimum absolute atomic E-state index is 0.0724. The van der Waals surface area contributed by atoms with E-state index in [2.05, 4.69) is 27.6 Å². The van der Waals surface area contributed by atoms with Crippen molar-refractivity contribution in [2.24, 2.45) is 0 Å². The fraction of sp³-hybridized carbons (Fsp3) is 0.304. The Bertz CT molecular complexity index is 975. The van der Waals surface area contributed by atoms with Crippen LogP contribution in [0.25, 0.3) is 0 Å². The lowest BCUT2D eigenvalue weighted by molar-refractivity contribution is -0.115. The fourth-order valence-electron chi connectivity index (χ4n) is 3.81. The molecule has 0 unspecified atom stereocenters. The second-order valence-corrected chi connectivity index (χ2v) is 7.55. The number of aliphatic hydroxyl groups excluding tert-OH is 1. The van der Waals surface area contributed by atoms with Crippen LogP contribution in [-0.2, 0) is 17.8 Å². The van der Waals surface area contributed by atoms with Crippen molar-refractivity contribution >= 4 is 11.7 Å². The third-order valence-electron chi connectivity index (χ3n) is 5.56. The van der Waals surface area contributed by atoms with Crippen molar-refractivity contribution in [1.29, 1.82) is 0 Å². The predicted octanol–water partition coefficient (Wildman–Crippen LogP) is 3.75. The summed E-state index contributed by atoms with van der Waals surface area (Å²) in [5.74, 6) is 2.20. The summed E-state index contributed by atoms with van der Waals surface area (Å²) in [7, 11) is 1.62. The van der Waals surface area contributed by atoms with E-state index in [9.17, 15) is 9.90 Å². The number of hydrogen-bond acceptors (Lipinski definition) is 4. The average molecular weight is 391 g/mol. The van der Waals surface area contributed by atoms with Crippen LogP contribution in [0.1, 0.15) is 47.1 Å². The number of nitrogens with zero attached hydrogens (tertiary/aromatic N) is 1. The molecular weight excluding hydrogens is 366 g/mol. The highest BCUT2D eigenvalue weighted by molar-refractivity contribution is 5.91. The molecule has 1 aromatic heterocycles. The predicted molar refractivity (Wildman–Crippen MR) is 111 cm³/mol. The van der Waals surface area contributed by atoms with Gasteiger partial charge < -0.3 is 15.2 Å². The van der Waals surface area contributed by atoms with E-state index in [1.807, 2.05) is 42.5 Å². The number of amides is 1. The number of carbonyl (C=O) groups excluding carboxylic acids is 1. The Morgan fingerprint density at radius 1 is 1.14 bits per heavy atom. The van der Waals surface area contributed by atoms with Crippen molar-refractivity contribution in [1.82, 2.24) is 10.2 Å². The molecule has 3 aromatic rings. The van der Waals surface area contributed by atoms with Crippen LogP contribution in [0.5, 0.6) is 5.75 Å². The van der Waals surface area contributed by atoms with Gasteiger partial charge in [0.15, 0.2) is 0 Å². The maximum Gasteiger partial charge on any atom is 0.229 e. The van der Waals surface area contributed by atoms with Crippen molar-refractivity contribution < 1.29 is 14.6 Å². The minimum atomic E-state index is -0.0855. The van der Waals surface area contributed by atoms with Crippen LogP contribution in [0, 0.1) is 0 Å². The molecule has 150 valence electrons. The number of methoxy groups -OCH3 is 1. The van der Waals surface area contributed by atoms with Crippen LogP contribution in [0.3, 0.4) is 0 Å². The lowest BCUT2D eigenvalue weighted by Gasteiger charge is -2.34. The van der Waals surface area contributed by atoms with Crippen molar-refractivity contribution in [3.05, 3.63) is 77.0 Å². The first kappa shape index (κ1) is 19.2. The van der Waals surface area contributed by atoms with Gasteiger partial charge in [-0.3, -0.25) is 9.89 Å². The lowest BCUT2D eigenvalue weighted by Crippen LogP contribution is -2.20. The van der Waals surface area contributed by atoms with Gasteiger partial charge in [-0.1, -0.05) is 36.4 Å². The highest BCUT2D eigenvalue weighted by Gasteiger charge is 2.33. The van der Waals surface area contributed by atoms with E-state index in [1.165, 1.54) is 5.56 Å². The number of carbonyl (C=O) groups is 1. The molecule has 1 aliphatic carbocycles. The lowest BCUT2D eigenvalue weighted by atomic mass is 9.70. The molecule has 0 saturated heterocycles. The molecule has 29 heavy (non-hydrogen) atoms. The molecule has 0 bridgehead atoms. The zero-order valence-electron chi connectivity index (χ0n) is 16.4. The molecule has 3 N–H and O–H groups in total. The van der Waals surface area contributed by atoms with E-state index >= 15 is 0 Å².